The zero-order valence-electron chi connectivity index (χ0n) is 27.1. The lowest BCUT2D eigenvalue weighted by Gasteiger charge is -2.35. The van der Waals surface area contributed by atoms with Crippen LogP contribution < -0.4 is 10.6 Å². The molecule has 3 aromatic rings. The summed E-state index contributed by atoms with van der Waals surface area (Å²) in [4.78, 5) is 47.8. The summed E-state index contributed by atoms with van der Waals surface area (Å²) in [5.74, 6) is -2.13. The molecule has 1 unspecified atom stereocenters. The number of aromatic nitrogens is 3. The SMILES string of the molecule is CC(C)(C)C[C@]1(c2ccc(C#N)cc2)NC(=NC(=O)O)N(C(COC(=O)NC2(C(F)(F)F)CC2)c2ccc(Cl)c(-n3ncnc3C(F)F)c2)C1=O. The van der Waals surface area contributed by atoms with Gasteiger partial charge in [-0.1, -0.05) is 50.6 Å². The molecule has 0 radical (unpaired) electrons. The summed E-state index contributed by atoms with van der Waals surface area (Å²) < 4.78 is 74.5. The first kappa shape index (κ1) is 37.0. The molecule has 1 aromatic heterocycles. The number of hydrogen-bond acceptors (Lipinski definition) is 7. The summed E-state index contributed by atoms with van der Waals surface area (Å²) in [6, 6.07) is 10.1. The Morgan fingerprint density at radius 1 is 1.18 bits per heavy atom. The molecule has 1 aliphatic carbocycles. The first-order chi connectivity index (χ1) is 23.8. The van der Waals surface area contributed by atoms with Gasteiger partial charge in [-0.25, -0.2) is 28.0 Å². The van der Waals surface area contributed by atoms with E-state index < -0.39 is 71.6 Å². The predicted octanol–water partition coefficient (Wildman–Crippen LogP) is 6.39. The van der Waals surface area contributed by atoms with Gasteiger partial charge in [-0.15, -0.1) is 4.99 Å². The number of ether oxygens (including phenoxy) is 1. The summed E-state index contributed by atoms with van der Waals surface area (Å²) in [5.41, 5.74) is -4.44. The number of carbonyl (C=O) groups excluding carboxylic acids is 2. The van der Waals surface area contributed by atoms with E-state index in [1.165, 1.54) is 42.5 Å². The number of aliphatic imine (C=N–C) groups is 1. The Kier molecular flexibility index (Phi) is 9.73. The third-order valence-electron chi connectivity index (χ3n) is 8.31. The van der Waals surface area contributed by atoms with Crippen molar-refractivity contribution in [2.24, 2.45) is 10.4 Å². The highest BCUT2D eigenvalue weighted by molar-refractivity contribution is 6.32. The van der Waals surface area contributed by atoms with E-state index in [-0.39, 0.29) is 41.1 Å². The first-order valence-electron chi connectivity index (χ1n) is 15.2. The van der Waals surface area contributed by atoms with Crippen molar-refractivity contribution >= 4 is 35.7 Å². The van der Waals surface area contributed by atoms with E-state index in [1.54, 1.807) is 0 Å². The number of nitriles is 1. The largest absolute Gasteiger partial charge is 0.463 e. The molecule has 270 valence electrons. The van der Waals surface area contributed by atoms with E-state index in [1.807, 2.05) is 32.2 Å². The maximum Gasteiger partial charge on any atom is 0.434 e. The van der Waals surface area contributed by atoms with Gasteiger partial charge >= 0.3 is 18.4 Å². The maximum absolute atomic E-state index is 14.9. The lowest BCUT2D eigenvalue weighted by Crippen LogP contribution is -2.49. The maximum atomic E-state index is 14.9. The van der Waals surface area contributed by atoms with Crippen molar-refractivity contribution in [1.29, 1.82) is 5.26 Å². The van der Waals surface area contributed by atoms with Crippen LogP contribution in [0.3, 0.4) is 0 Å². The number of alkyl halides is 5. The lowest BCUT2D eigenvalue weighted by molar-refractivity contribution is -0.164. The Balaban J connectivity index is 1.66. The Bertz CT molecular complexity index is 1920. The summed E-state index contributed by atoms with van der Waals surface area (Å²) >= 11 is 6.37. The van der Waals surface area contributed by atoms with E-state index in [9.17, 15) is 46.7 Å². The van der Waals surface area contributed by atoms with Crippen LogP contribution in [0.2, 0.25) is 5.02 Å². The molecule has 3 amide bonds. The van der Waals surface area contributed by atoms with Crippen LogP contribution in [-0.2, 0) is 15.1 Å². The third kappa shape index (κ3) is 7.43. The number of carbonyl (C=O) groups is 3. The molecule has 1 saturated carbocycles. The number of guanidine groups is 1. The summed E-state index contributed by atoms with van der Waals surface area (Å²) in [7, 11) is 0. The standard InChI is InChI=1S/C32H30ClF5N8O5/c1-29(2,3)15-31(19-7-4-17(13-39)5-8-19)25(47)45(26(43-31)42-27(48)49)22(14-51-28(50)44-30(10-11-30)32(36,37)38)18-6-9-20(33)21(12-18)46-24(23(34)35)40-16-41-46/h4-9,12,16,22-23H,10-11,14-15H2,1-3H3,(H,42,43)(H,44,50)(H,48,49)/t22?,31-/m1/s1. The monoisotopic (exact) mass is 736 g/mol. The Morgan fingerprint density at radius 3 is 2.39 bits per heavy atom. The average molecular weight is 737 g/mol. The lowest BCUT2D eigenvalue weighted by atomic mass is 9.75. The first-order valence-corrected chi connectivity index (χ1v) is 15.6. The van der Waals surface area contributed by atoms with Gasteiger partial charge in [0.15, 0.2) is 5.82 Å². The zero-order chi connectivity index (χ0) is 37.5. The highest BCUT2D eigenvalue weighted by Crippen LogP contribution is 2.49. The molecule has 3 N–H and O–H groups in total. The molecule has 2 heterocycles. The Hall–Kier alpha value is -5.31. The molecule has 1 aliphatic heterocycles. The number of nitrogens with zero attached hydrogens (tertiary/aromatic N) is 6. The Labute approximate surface area is 292 Å². The van der Waals surface area contributed by atoms with E-state index >= 15 is 0 Å². The molecule has 13 nitrogen and oxygen atoms in total. The van der Waals surface area contributed by atoms with Gasteiger partial charge in [0.05, 0.1) is 28.4 Å². The van der Waals surface area contributed by atoms with Gasteiger partial charge in [-0.3, -0.25) is 9.69 Å². The molecule has 19 heteroatoms. The summed E-state index contributed by atoms with van der Waals surface area (Å²) in [5, 5.41) is 27.6. The molecule has 51 heavy (non-hydrogen) atoms. The number of alkyl carbamates (subject to hydrolysis) is 1. The van der Waals surface area contributed by atoms with Gasteiger partial charge in [-0.05, 0) is 60.1 Å². The van der Waals surface area contributed by atoms with Crippen molar-refractivity contribution in [1.82, 2.24) is 30.3 Å². The van der Waals surface area contributed by atoms with E-state index in [4.69, 9.17) is 16.3 Å². The van der Waals surface area contributed by atoms with E-state index in [0.29, 0.717) is 5.56 Å². The number of amides is 3. The molecule has 2 aliphatic rings. The molecular formula is C32H30ClF5N8O5. The minimum Gasteiger partial charge on any atom is -0.463 e. The van der Waals surface area contributed by atoms with E-state index in [2.05, 4.69) is 20.4 Å². The molecule has 2 atom stereocenters. The molecule has 2 fully saturated rings. The zero-order valence-corrected chi connectivity index (χ0v) is 27.9. The fraction of sp³-hybridized carbons (Fsp3) is 0.406. The highest BCUT2D eigenvalue weighted by atomic mass is 35.5. The van der Waals surface area contributed by atoms with Crippen LogP contribution in [0.5, 0.6) is 0 Å². The van der Waals surface area contributed by atoms with Gasteiger partial charge < -0.3 is 20.5 Å². The molecule has 0 bridgehead atoms. The molecule has 1 saturated heterocycles. The summed E-state index contributed by atoms with van der Waals surface area (Å²) in [6.45, 7) is 4.57. The average Bonchev–Trinajstić information content (AvgIpc) is 3.58. The van der Waals surface area contributed by atoms with Gasteiger partial charge in [0.2, 0.25) is 5.96 Å². The Morgan fingerprint density at radius 2 is 1.84 bits per heavy atom. The van der Waals surface area contributed by atoms with Crippen LogP contribution in [0.1, 0.15) is 75.0 Å². The number of halogens is 6. The summed E-state index contributed by atoms with van der Waals surface area (Å²) in [6.07, 6.45) is -11.0. The second-order valence-corrected chi connectivity index (χ2v) is 13.6. The van der Waals surface area contributed by atoms with Crippen LogP contribution in [-0.4, -0.2) is 67.1 Å². The number of rotatable bonds is 9. The number of hydrogen-bond donors (Lipinski definition) is 3. The van der Waals surface area contributed by atoms with Gasteiger partial charge in [0, 0.05) is 0 Å². The minimum atomic E-state index is -4.78. The van der Waals surface area contributed by atoms with Crippen LogP contribution in [0, 0.1) is 16.7 Å². The second kappa shape index (κ2) is 13.4. The van der Waals surface area contributed by atoms with Crippen molar-refractivity contribution in [2.45, 2.75) is 69.8 Å². The smallest absolute Gasteiger partial charge is 0.434 e. The fourth-order valence-corrected chi connectivity index (χ4v) is 6.10. The van der Waals surface area contributed by atoms with Crippen molar-refractivity contribution in [3.8, 4) is 11.8 Å². The normalized spacial score (nSPS) is 19.8. The van der Waals surface area contributed by atoms with Crippen molar-refractivity contribution < 1.29 is 46.2 Å². The fourth-order valence-electron chi connectivity index (χ4n) is 5.90. The van der Waals surface area contributed by atoms with Crippen LogP contribution in [0.25, 0.3) is 5.69 Å². The molecule has 5 rings (SSSR count). The molecule has 2 aromatic carbocycles. The van der Waals surface area contributed by atoms with Gasteiger partial charge in [0.1, 0.15) is 24.0 Å². The quantitative estimate of drug-likeness (QED) is 0.210. The number of nitrogens with one attached hydrogen (secondary N) is 2. The minimum absolute atomic E-state index is 0.00880. The second-order valence-electron chi connectivity index (χ2n) is 13.2. The third-order valence-corrected chi connectivity index (χ3v) is 8.63. The number of carboxylic acid groups (broad SMARTS) is 1. The van der Waals surface area contributed by atoms with E-state index in [0.717, 1.165) is 15.9 Å². The van der Waals surface area contributed by atoms with Crippen molar-refractivity contribution in [3.05, 3.63) is 76.3 Å². The van der Waals surface area contributed by atoms with Gasteiger partial charge in [-0.2, -0.15) is 23.5 Å². The molecular weight excluding hydrogens is 707 g/mol. The van der Waals surface area contributed by atoms with Crippen LogP contribution in [0.15, 0.2) is 53.8 Å². The van der Waals surface area contributed by atoms with Gasteiger partial charge in [0.25, 0.3) is 12.3 Å². The van der Waals surface area contributed by atoms with Crippen LogP contribution >= 0.6 is 11.6 Å². The topological polar surface area (TPSA) is 175 Å². The number of benzene rings is 2. The predicted molar refractivity (Wildman–Crippen MR) is 169 cm³/mol. The highest BCUT2D eigenvalue weighted by Gasteiger charge is 2.65. The van der Waals surface area contributed by atoms with Crippen LogP contribution in [0.4, 0.5) is 31.5 Å². The van der Waals surface area contributed by atoms with Crippen molar-refractivity contribution in [2.75, 3.05) is 6.61 Å². The van der Waals surface area contributed by atoms with Crippen molar-refractivity contribution in [3.63, 3.8) is 0 Å². The molecule has 0 spiro atoms.